The van der Waals surface area contributed by atoms with Gasteiger partial charge >= 0.3 is 0 Å². The van der Waals surface area contributed by atoms with E-state index in [2.05, 4.69) is 6.07 Å². The molecule has 1 aliphatic carbocycles. The van der Waals surface area contributed by atoms with Gasteiger partial charge in [-0.05, 0) is 43.0 Å². The Bertz CT molecular complexity index is 382. The van der Waals surface area contributed by atoms with Crippen molar-refractivity contribution < 1.29 is 0 Å². The Balaban J connectivity index is 2.46. The normalized spacial score (nSPS) is 18.4. The van der Waals surface area contributed by atoms with Crippen LogP contribution in [0.15, 0.2) is 18.2 Å². The van der Waals surface area contributed by atoms with Gasteiger partial charge in [0.05, 0.1) is 11.5 Å². The van der Waals surface area contributed by atoms with Crippen molar-refractivity contribution in [3.63, 3.8) is 0 Å². The molecule has 0 saturated heterocycles. The molecule has 0 aliphatic heterocycles. The monoisotopic (exact) mass is 225 g/mol. The first-order chi connectivity index (χ1) is 6.66. The van der Waals surface area contributed by atoms with Crippen molar-refractivity contribution >= 4 is 23.2 Å². The maximum Gasteiger partial charge on any atom is 0.0823 e. The van der Waals surface area contributed by atoms with Gasteiger partial charge in [-0.1, -0.05) is 23.2 Å². The van der Waals surface area contributed by atoms with Gasteiger partial charge in [-0.25, -0.2) is 0 Å². The summed E-state index contributed by atoms with van der Waals surface area (Å²) in [5.74, 6) is 0. The van der Waals surface area contributed by atoms with Crippen molar-refractivity contribution in [1.29, 1.82) is 5.26 Å². The average molecular weight is 226 g/mol. The second-order valence-corrected chi connectivity index (χ2v) is 4.58. The van der Waals surface area contributed by atoms with Crippen molar-refractivity contribution in [2.75, 3.05) is 0 Å². The standard InChI is InChI=1S/C11H9Cl2N/c12-9-4-8(5-10(13)6-9)11(7-14)2-1-3-11/h4-6H,1-3H2. The fraction of sp³-hybridized carbons (Fsp3) is 0.364. The van der Waals surface area contributed by atoms with Gasteiger partial charge in [-0.15, -0.1) is 0 Å². The molecule has 1 aliphatic rings. The zero-order valence-corrected chi connectivity index (χ0v) is 9.07. The minimum absolute atomic E-state index is 0.325. The summed E-state index contributed by atoms with van der Waals surface area (Å²) in [6.45, 7) is 0. The largest absolute Gasteiger partial charge is 0.197 e. The van der Waals surface area contributed by atoms with Crippen LogP contribution >= 0.6 is 23.2 Å². The van der Waals surface area contributed by atoms with E-state index in [0.717, 1.165) is 24.8 Å². The molecular weight excluding hydrogens is 217 g/mol. The first kappa shape index (κ1) is 9.83. The number of nitriles is 1. The van der Waals surface area contributed by atoms with Gasteiger partial charge in [0.25, 0.3) is 0 Å². The molecule has 3 heteroatoms. The predicted molar refractivity (Wildman–Crippen MR) is 57.6 cm³/mol. The molecule has 1 aromatic carbocycles. The number of nitrogens with zero attached hydrogens (tertiary/aromatic N) is 1. The summed E-state index contributed by atoms with van der Waals surface area (Å²) in [7, 11) is 0. The molecule has 0 radical (unpaired) electrons. The zero-order valence-electron chi connectivity index (χ0n) is 7.56. The van der Waals surface area contributed by atoms with Gasteiger partial charge in [0.15, 0.2) is 0 Å². The molecule has 0 bridgehead atoms. The van der Waals surface area contributed by atoms with Crippen molar-refractivity contribution in [1.82, 2.24) is 0 Å². The van der Waals surface area contributed by atoms with Gasteiger partial charge < -0.3 is 0 Å². The molecule has 0 unspecified atom stereocenters. The van der Waals surface area contributed by atoms with Crippen LogP contribution < -0.4 is 0 Å². The Morgan fingerprint density at radius 3 is 2.07 bits per heavy atom. The van der Waals surface area contributed by atoms with Crippen molar-refractivity contribution in [3.05, 3.63) is 33.8 Å². The molecule has 0 atom stereocenters. The van der Waals surface area contributed by atoms with Crippen LogP contribution in [0.3, 0.4) is 0 Å². The van der Waals surface area contributed by atoms with Crippen LogP contribution in [0.5, 0.6) is 0 Å². The van der Waals surface area contributed by atoms with Crippen molar-refractivity contribution in [3.8, 4) is 6.07 Å². The van der Waals surface area contributed by atoms with E-state index in [1.165, 1.54) is 0 Å². The number of halogens is 2. The molecule has 0 amide bonds. The molecule has 0 aromatic heterocycles. The average Bonchev–Trinajstić information content (AvgIpc) is 2.01. The maximum atomic E-state index is 9.14. The third-order valence-corrected chi connectivity index (χ3v) is 3.27. The highest BCUT2D eigenvalue weighted by Crippen LogP contribution is 2.44. The molecular formula is C11H9Cl2N. The summed E-state index contributed by atoms with van der Waals surface area (Å²) in [4.78, 5) is 0. The molecule has 1 fully saturated rings. The third kappa shape index (κ3) is 1.49. The Labute approximate surface area is 93.2 Å². The quantitative estimate of drug-likeness (QED) is 0.711. The minimum atomic E-state index is -0.325. The van der Waals surface area contributed by atoms with E-state index >= 15 is 0 Å². The van der Waals surface area contributed by atoms with E-state index in [1.54, 1.807) is 6.07 Å². The van der Waals surface area contributed by atoms with Gasteiger partial charge in [-0.2, -0.15) is 5.26 Å². The Hall–Kier alpha value is -0.710. The lowest BCUT2D eigenvalue weighted by molar-refractivity contribution is 0.324. The summed E-state index contributed by atoms with van der Waals surface area (Å²) >= 11 is 11.8. The molecule has 72 valence electrons. The molecule has 0 spiro atoms. The molecule has 1 nitrogen and oxygen atoms in total. The van der Waals surface area contributed by atoms with Gasteiger partial charge in [0, 0.05) is 10.0 Å². The molecule has 0 heterocycles. The summed E-state index contributed by atoms with van der Waals surface area (Å²) in [6, 6.07) is 7.75. The lowest BCUT2D eigenvalue weighted by atomic mass is 9.65. The van der Waals surface area contributed by atoms with E-state index in [-0.39, 0.29) is 5.41 Å². The maximum absolute atomic E-state index is 9.14. The van der Waals surface area contributed by atoms with Crippen LogP contribution in [0.1, 0.15) is 24.8 Å². The van der Waals surface area contributed by atoms with Crippen LogP contribution in [0.25, 0.3) is 0 Å². The van der Waals surface area contributed by atoms with E-state index in [1.807, 2.05) is 12.1 Å². The van der Waals surface area contributed by atoms with Gasteiger partial charge in [0.1, 0.15) is 0 Å². The lowest BCUT2D eigenvalue weighted by Crippen LogP contribution is -2.32. The van der Waals surface area contributed by atoms with E-state index in [4.69, 9.17) is 28.5 Å². The van der Waals surface area contributed by atoms with E-state index in [0.29, 0.717) is 10.0 Å². The number of hydrogen-bond donors (Lipinski definition) is 0. The summed E-state index contributed by atoms with van der Waals surface area (Å²) in [5.41, 5.74) is 0.637. The minimum Gasteiger partial charge on any atom is -0.197 e. The third-order valence-electron chi connectivity index (χ3n) is 2.84. The Kier molecular flexibility index (Phi) is 2.43. The van der Waals surface area contributed by atoms with Gasteiger partial charge in [0.2, 0.25) is 0 Å². The Morgan fingerprint density at radius 2 is 1.71 bits per heavy atom. The van der Waals surface area contributed by atoms with Crippen molar-refractivity contribution in [2.24, 2.45) is 0 Å². The first-order valence-electron chi connectivity index (χ1n) is 4.54. The summed E-state index contributed by atoms with van der Waals surface area (Å²) < 4.78 is 0. The van der Waals surface area contributed by atoms with E-state index < -0.39 is 0 Å². The second kappa shape index (κ2) is 3.46. The highest BCUT2D eigenvalue weighted by atomic mass is 35.5. The van der Waals surface area contributed by atoms with Crippen molar-refractivity contribution in [2.45, 2.75) is 24.7 Å². The first-order valence-corrected chi connectivity index (χ1v) is 5.30. The van der Waals surface area contributed by atoms with Crippen LogP contribution in [-0.4, -0.2) is 0 Å². The SMILES string of the molecule is N#CC1(c2cc(Cl)cc(Cl)c2)CCC1. The van der Waals surface area contributed by atoms with Crippen LogP contribution in [0.2, 0.25) is 10.0 Å². The van der Waals surface area contributed by atoms with Crippen LogP contribution in [-0.2, 0) is 5.41 Å². The van der Waals surface area contributed by atoms with E-state index in [9.17, 15) is 0 Å². The smallest absolute Gasteiger partial charge is 0.0823 e. The molecule has 1 saturated carbocycles. The number of hydrogen-bond acceptors (Lipinski definition) is 1. The molecule has 2 rings (SSSR count). The van der Waals surface area contributed by atoms with Crippen LogP contribution in [0.4, 0.5) is 0 Å². The fourth-order valence-electron chi connectivity index (χ4n) is 1.83. The lowest BCUT2D eigenvalue weighted by Gasteiger charge is -2.35. The molecule has 1 aromatic rings. The topological polar surface area (TPSA) is 23.8 Å². The highest BCUT2D eigenvalue weighted by molar-refractivity contribution is 6.34. The van der Waals surface area contributed by atoms with Crippen LogP contribution in [0, 0.1) is 11.3 Å². The number of rotatable bonds is 1. The Morgan fingerprint density at radius 1 is 1.14 bits per heavy atom. The molecule has 0 N–H and O–H groups in total. The molecule has 14 heavy (non-hydrogen) atoms. The number of benzene rings is 1. The second-order valence-electron chi connectivity index (χ2n) is 3.71. The fourth-order valence-corrected chi connectivity index (χ4v) is 2.35. The van der Waals surface area contributed by atoms with Gasteiger partial charge in [-0.3, -0.25) is 0 Å². The predicted octanol–water partition coefficient (Wildman–Crippen LogP) is 3.94. The summed E-state index contributed by atoms with van der Waals surface area (Å²) in [5, 5.41) is 10.3. The highest BCUT2D eigenvalue weighted by Gasteiger charge is 2.39. The zero-order chi connectivity index (χ0) is 10.2. The summed E-state index contributed by atoms with van der Waals surface area (Å²) in [6.07, 6.45) is 2.94.